The second-order valence-electron chi connectivity index (χ2n) is 5.00. The van der Waals surface area contributed by atoms with Crippen LogP contribution < -0.4 is 5.73 Å². The molecule has 2 aliphatic carbocycles. The van der Waals surface area contributed by atoms with E-state index in [-0.39, 0.29) is 6.04 Å². The molecule has 0 radical (unpaired) electrons. The monoisotopic (exact) mass is 191 g/mol. The number of fused-ring (bicyclic) bond motifs is 1. The summed E-state index contributed by atoms with van der Waals surface area (Å²) < 4.78 is 5.50. The van der Waals surface area contributed by atoms with Crippen molar-refractivity contribution in [3.63, 3.8) is 0 Å². The number of aryl methyl sites for hydroxylation is 1. The number of furan rings is 1. The van der Waals surface area contributed by atoms with E-state index in [2.05, 4.69) is 13.0 Å². The van der Waals surface area contributed by atoms with Crippen molar-refractivity contribution in [2.45, 2.75) is 44.6 Å². The van der Waals surface area contributed by atoms with Crippen LogP contribution in [0.5, 0.6) is 0 Å². The second kappa shape index (κ2) is 2.63. The van der Waals surface area contributed by atoms with Gasteiger partial charge in [0.2, 0.25) is 0 Å². The van der Waals surface area contributed by atoms with Crippen LogP contribution in [0.3, 0.4) is 0 Å². The van der Waals surface area contributed by atoms with E-state index in [0.717, 1.165) is 6.42 Å². The first kappa shape index (κ1) is 8.54. The van der Waals surface area contributed by atoms with Gasteiger partial charge in [0.1, 0.15) is 5.76 Å². The molecular formula is C12H17NO. The number of hydrogen-bond donors (Lipinski definition) is 1. The highest BCUT2D eigenvalue weighted by molar-refractivity contribution is 5.32. The third-order valence-electron chi connectivity index (χ3n) is 4.04. The first-order valence-corrected chi connectivity index (χ1v) is 5.55. The first-order chi connectivity index (χ1) is 6.73. The lowest BCUT2D eigenvalue weighted by Gasteiger charge is -2.34. The Hall–Kier alpha value is -0.760. The van der Waals surface area contributed by atoms with Crippen LogP contribution in [-0.2, 0) is 6.42 Å². The molecule has 76 valence electrons. The van der Waals surface area contributed by atoms with Crippen molar-refractivity contribution in [3.05, 3.63) is 23.7 Å². The van der Waals surface area contributed by atoms with Gasteiger partial charge in [0.25, 0.3) is 0 Å². The van der Waals surface area contributed by atoms with Crippen LogP contribution >= 0.6 is 0 Å². The Morgan fingerprint density at radius 1 is 1.50 bits per heavy atom. The van der Waals surface area contributed by atoms with Crippen LogP contribution in [0.25, 0.3) is 0 Å². The molecular weight excluding hydrogens is 174 g/mol. The zero-order valence-corrected chi connectivity index (χ0v) is 8.62. The van der Waals surface area contributed by atoms with Crippen LogP contribution in [0.1, 0.15) is 43.4 Å². The minimum absolute atomic E-state index is 0.258. The second-order valence-corrected chi connectivity index (χ2v) is 5.00. The van der Waals surface area contributed by atoms with E-state index in [4.69, 9.17) is 10.2 Å². The molecule has 2 heteroatoms. The molecule has 2 atom stereocenters. The molecule has 2 unspecified atom stereocenters. The predicted octanol–water partition coefficient (Wildman–Crippen LogP) is 2.44. The predicted molar refractivity (Wildman–Crippen MR) is 55.1 cm³/mol. The molecule has 1 heterocycles. The van der Waals surface area contributed by atoms with Crippen LogP contribution in [0.15, 0.2) is 16.7 Å². The molecule has 3 rings (SSSR count). The summed E-state index contributed by atoms with van der Waals surface area (Å²) in [5, 5.41) is 0. The Morgan fingerprint density at radius 2 is 2.29 bits per heavy atom. The minimum atomic E-state index is 0.258. The van der Waals surface area contributed by atoms with Gasteiger partial charge in [0.15, 0.2) is 0 Å². The zero-order valence-electron chi connectivity index (χ0n) is 8.62. The van der Waals surface area contributed by atoms with Crippen molar-refractivity contribution in [2.24, 2.45) is 11.1 Å². The van der Waals surface area contributed by atoms with Crippen molar-refractivity contribution in [1.82, 2.24) is 0 Å². The standard InChI is InChI=1S/C12H17NO/c1-8(13)11-9-3-7-14-10(9)2-4-12(11)5-6-12/h3,7-8,11H,2,4-6,13H2,1H3. The van der Waals surface area contributed by atoms with Gasteiger partial charge in [-0.05, 0) is 43.2 Å². The molecule has 1 saturated carbocycles. The van der Waals surface area contributed by atoms with E-state index < -0.39 is 0 Å². The summed E-state index contributed by atoms with van der Waals surface area (Å²) in [5.41, 5.74) is 8.05. The molecule has 1 aromatic rings. The van der Waals surface area contributed by atoms with Crippen molar-refractivity contribution in [3.8, 4) is 0 Å². The molecule has 0 saturated heterocycles. The van der Waals surface area contributed by atoms with Crippen molar-refractivity contribution >= 4 is 0 Å². The molecule has 1 aromatic heterocycles. The van der Waals surface area contributed by atoms with E-state index >= 15 is 0 Å². The van der Waals surface area contributed by atoms with Crippen molar-refractivity contribution < 1.29 is 4.42 Å². The van der Waals surface area contributed by atoms with Crippen LogP contribution in [0.2, 0.25) is 0 Å². The fraction of sp³-hybridized carbons (Fsp3) is 0.667. The number of hydrogen-bond acceptors (Lipinski definition) is 2. The maximum Gasteiger partial charge on any atom is 0.107 e. The molecule has 14 heavy (non-hydrogen) atoms. The fourth-order valence-corrected chi connectivity index (χ4v) is 3.24. The fourth-order valence-electron chi connectivity index (χ4n) is 3.24. The van der Waals surface area contributed by atoms with Crippen molar-refractivity contribution in [1.29, 1.82) is 0 Å². The van der Waals surface area contributed by atoms with Gasteiger partial charge in [0, 0.05) is 18.4 Å². The normalized spacial score (nSPS) is 30.0. The van der Waals surface area contributed by atoms with Crippen LogP contribution in [0.4, 0.5) is 0 Å². The Morgan fingerprint density at radius 3 is 2.93 bits per heavy atom. The molecule has 0 aliphatic heterocycles. The average molecular weight is 191 g/mol. The van der Waals surface area contributed by atoms with E-state index in [1.54, 1.807) is 0 Å². The highest BCUT2D eigenvalue weighted by Gasteiger charge is 2.53. The Balaban J connectivity index is 2.05. The summed E-state index contributed by atoms with van der Waals surface area (Å²) in [6.45, 7) is 2.13. The SMILES string of the molecule is CC(N)C1c2ccoc2CCC12CC2. The molecule has 1 fully saturated rings. The summed E-state index contributed by atoms with van der Waals surface area (Å²) in [6, 6.07) is 2.39. The van der Waals surface area contributed by atoms with Gasteiger partial charge in [-0.1, -0.05) is 0 Å². The Bertz CT molecular complexity index is 349. The van der Waals surface area contributed by atoms with E-state index in [1.165, 1.54) is 30.6 Å². The Labute approximate surface area is 84.5 Å². The van der Waals surface area contributed by atoms with E-state index in [1.807, 2.05) is 6.26 Å². The van der Waals surface area contributed by atoms with Gasteiger partial charge in [-0.2, -0.15) is 0 Å². The quantitative estimate of drug-likeness (QED) is 0.740. The highest BCUT2D eigenvalue weighted by atomic mass is 16.3. The van der Waals surface area contributed by atoms with Gasteiger partial charge in [-0.25, -0.2) is 0 Å². The van der Waals surface area contributed by atoms with Gasteiger partial charge in [-0.3, -0.25) is 0 Å². The Kier molecular flexibility index (Phi) is 1.61. The van der Waals surface area contributed by atoms with E-state index in [9.17, 15) is 0 Å². The highest BCUT2D eigenvalue weighted by Crippen LogP contribution is 2.62. The lowest BCUT2D eigenvalue weighted by molar-refractivity contribution is 0.293. The molecule has 0 aromatic carbocycles. The third kappa shape index (κ3) is 1.01. The summed E-state index contributed by atoms with van der Waals surface area (Å²) in [7, 11) is 0. The number of nitrogens with two attached hydrogens (primary N) is 1. The molecule has 2 aliphatic rings. The summed E-state index contributed by atoms with van der Waals surface area (Å²) in [4.78, 5) is 0. The maximum absolute atomic E-state index is 6.12. The van der Waals surface area contributed by atoms with Crippen LogP contribution in [0, 0.1) is 5.41 Å². The van der Waals surface area contributed by atoms with Crippen LogP contribution in [-0.4, -0.2) is 6.04 Å². The molecule has 1 spiro atoms. The van der Waals surface area contributed by atoms with Crippen molar-refractivity contribution in [2.75, 3.05) is 0 Å². The maximum atomic E-state index is 6.12. The summed E-state index contributed by atoms with van der Waals surface area (Å²) >= 11 is 0. The zero-order chi connectivity index (χ0) is 9.76. The third-order valence-corrected chi connectivity index (χ3v) is 4.04. The summed E-state index contributed by atoms with van der Waals surface area (Å²) in [5.74, 6) is 1.73. The van der Waals surface area contributed by atoms with Gasteiger partial charge in [-0.15, -0.1) is 0 Å². The minimum Gasteiger partial charge on any atom is -0.469 e. The van der Waals surface area contributed by atoms with Gasteiger partial charge in [0.05, 0.1) is 6.26 Å². The van der Waals surface area contributed by atoms with E-state index in [0.29, 0.717) is 11.3 Å². The topological polar surface area (TPSA) is 39.2 Å². The lowest BCUT2D eigenvalue weighted by atomic mass is 9.72. The average Bonchev–Trinajstić information content (AvgIpc) is 2.75. The molecule has 2 nitrogen and oxygen atoms in total. The molecule has 0 bridgehead atoms. The lowest BCUT2D eigenvalue weighted by Crippen LogP contribution is -2.34. The molecule has 0 amide bonds. The first-order valence-electron chi connectivity index (χ1n) is 5.55. The largest absolute Gasteiger partial charge is 0.469 e. The van der Waals surface area contributed by atoms with Gasteiger partial charge >= 0.3 is 0 Å². The number of rotatable bonds is 1. The molecule has 2 N–H and O–H groups in total. The smallest absolute Gasteiger partial charge is 0.107 e. The van der Waals surface area contributed by atoms with Gasteiger partial charge < -0.3 is 10.2 Å². The summed E-state index contributed by atoms with van der Waals surface area (Å²) in [6.07, 6.45) is 6.94.